The fourth-order valence-electron chi connectivity index (χ4n) is 2.20. The van der Waals surface area contributed by atoms with E-state index in [2.05, 4.69) is 24.5 Å². The number of rotatable bonds is 6. The Balaban J connectivity index is 1.95. The van der Waals surface area contributed by atoms with E-state index in [1.807, 2.05) is 24.3 Å². The predicted molar refractivity (Wildman–Crippen MR) is 95.3 cm³/mol. The van der Waals surface area contributed by atoms with Crippen molar-refractivity contribution >= 4 is 23.0 Å². The zero-order chi connectivity index (χ0) is 17.7. The minimum absolute atomic E-state index is 0.00980. The van der Waals surface area contributed by atoms with Crippen LogP contribution in [0.15, 0.2) is 48.5 Å². The number of non-ortho nitro benzene ring substituents is 1. The van der Waals surface area contributed by atoms with Gasteiger partial charge in [-0.1, -0.05) is 26.0 Å². The van der Waals surface area contributed by atoms with Gasteiger partial charge in [-0.05, 0) is 42.7 Å². The van der Waals surface area contributed by atoms with Gasteiger partial charge in [0.25, 0.3) is 5.69 Å². The van der Waals surface area contributed by atoms with Crippen LogP contribution in [0, 0.1) is 10.1 Å². The minimum Gasteiger partial charge on any atom is -0.374 e. The molecular formula is C18H21N3O3. The first-order chi connectivity index (χ1) is 11.4. The number of benzene rings is 2. The quantitative estimate of drug-likeness (QED) is 0.616. The van der Waals surface area contributed by atoms with Gasteiger partial charge in [-0.15, -0.1) is 0 Å². The van der Waals surface area contributed by atoms with E-state index in [1.54, 1.807) is 6.92 Å². The van der Waals surface area contributed by atoms with Crippen LogP contribution in [0.3, 0.4) is 0 Å². The van der Waals surface area contributed by atoms with Crippen molar-refractivity contribution in [2.75, 3.05) is 10.6 Å². The molecule has 0 aliphatic rings. The molecule has 0 aromatic heterocycles. The Morgan fingerprint density at radius 1 is 0.958 bits per heavy atom. The van der Waals surface area contributed by atoms with Crippen molar-refractivity contribution in [3.63, 3.8) is 0 Å². The summed E-state index contributed by atoms with van der Waals surface area (Å²) in [6, 6.07) is 13.3. The Kier molecular flexibility index (Phi) is 5.52. The molecule has 0 heterocycles. The average Bonchev–Trinajstić information content (AvgIpc) is 2.55. The van der Waals surface area contributed by atoms with Gasteiger partial charge < -0.3 is 10.6 Å². The van der Waals surface area contributed by atoms with Gasteiger partial charge in [0.2, 0.25) is 5.91 Å². The van der Waals surface area contributed by atoms with Gasteiger partial charge in [0.15, 0.2) is 0 Å². The van der Waals surface area contributed by atoms with Crippen molar-refractivity contribution in [1.29, 1.82) is 0 Å². The average molecular weight is 327 g/mol. The van der Waals surface area contributed by atoms with Crippen LogP contribution in [0.25, 0.3) is 0 Å². The molecule has 2 aromatic rings. The molecule has 126 valence electrons. The van der Waals surface area contributed by atoms with Crippen molar-refractivity contribution in [2.45, 2.75) is 32.7 Å². The molecule has 6 heteroatoms. The lowest BCUT2D eigenvalue weighted by atomic mass is 10.0. The highest BCUT2D eigenvalue weighted by Crippen LogP contribution is 2.18. The second-order valence-electron chi connectivity index (χ2n) is 5.94. The molecule has 0 saturated carbocycles. The molecule has 0 saturated heterocycles. The van der Waals surface area contributed by atoms with Crippen LogP contribution in [0.1, 0.15) is 32.3 Å². The van der Waals surface area contributed by atoms with Crippen LogP contribution in [0.4, 0.5) is 17.1 Å². The van der Waals surface area contributed by atoms with Crippen LogP contribution in [0.5, 0.6) is 0 Å². The third-order valence-electron chi connectivity index (χ3n) is 3.70. The maximum atomic E-state index is 12.2. The number of amides is 1. The summed E-state index contributed by atoms with van der Waals surface area (Å²) in [7, 11) is 0. The molecule has 0 bridgehead atoms. The summed E-state index contributed by atoms with van der Waals surface area (Å²) < 4.78 is 0. The highest BCUT2D eigenvalue weighted by Gasteiger charge is 2.13. The molecule has 0 spiro atoms. The molecule has 1 atom stereocenters. The normalized spacial score (nSPS) is 11.8. The molecule has 0 radical (unpaired) electrons. The monoisotopic (exact) mass is 327 g/mol. The third-order valence-corrected chi connectivity index (χ3v) is 3.70. The highest BCUT2D eigenvalue weighted by molar-refractivity contribution is 5.96. The summed E-state index contributed by atoms with van der Waals surface area (Å²) in [5.41, 5.74) is 2.62. The number of nitro groups is 1. The standard InChI is InChI=1S/C18H21N3O3/c1-12(2)14-4-6-15(7-5-14)19-13(3)18(22)20-16-8-10-17(11-9-16)21(23)24/h4-13,19H,1-3H3,(H,20,22). The summed E-state index contributed by atoms with van der Waals surface area (Å²) in [6.07, 6.45) is 0. The lowest BCUT2D eigenvalue weighted by molar-refractivity contribution is -0.384. The van der Waals surface area contributed by atoms with Crippen molar-refractivity contribution in [2.24, 2.45) is 0 Å². The smallest absolute Gasteiger partial charge is 0.269 e. The number of hydrogen-bond acceptors (Lipinski definition) is 4. The number of nitro benzene ring substituents is 1. The Morgan fingerprint density at radius 3 is 2.00 bits per heavy atom. The number of hydrogen-bond donors (Lipinski definition) is 2. The molecule has 0 fully saturated rings. The van der Waals surface area contributed by atoms with E-state index >= 15 is 0 Å². The summed E-state index contributed by atoms with van der Waals surface area (Å²) in [5, 5.41) is 16.5. The largest absolute Gasteiger partial charge is 0.374 e. The van der Waals surface area contributed by atoms with E-state index in [-0.39, 0.29) is 11.6 Å². The molecule has 0 aliphatic carbocycles. The molecule has 2 aromatic carbocycles. The van der Waals surface area contributed by atoms with E-state index in [9.17, 15) is 14.9 Å². The lowest BCUT2D eigenvalue weighted by Crippen LogP contribution is -2.31. The first kappa shape index (κ1) is 17.5. The van der Waals surface area contributed by atoms with Gasteiger partial charge in [0.05, 0.1) is 4.92 Å². The fourth-order valence-corrected chi connectivity index (χ4v) is 2.20. The third kappa shape index (κ3) is 4.55. The number of nitrogens with one attached hydrogen (secondary N) is 2. The van der Waals surface area contributed by atoms with Crippen molar-refractivity contribution in [3.8, 4) is 0 Å². The summed E-state index contributed by atoms with van der Waals surface area (Å²) in [4.78, 5) is 22.3. The summed E-state index contributed by atoms with van der Waals surface area (Å²) >= 11 is 0. The molecular weight excluding hydrogens is 306 g/mol. The zero-order valence-corrected chi connectivity index (χ0v) is 13.9. The summed E-state index contributed by atoms with van der Waals surface area (Å²) in [5.74, 6) is 0.249. The predicted octanol–water partition coefficient (Wildman–Crippen LogP) is 4.16. The minimum atomic E-state index is -0.476. The van der Waals surface area contributed by atoms with Crippen LogP contribution in [-0.2, 0) is 4.79 Å². The second kappa shape index (κ2) is 7.59. The maximum absolute atomic E-state index is 12.2. The molecule has 6 nitrogen and oxygen atoms in total. The van der Waals surface area contributed by atoms with Crippen molar-refractivity contribution < 1.29 is 9.72 Å². The molecule has 1 unspecified atom stereocenters. The topological polar surface area (TPSA) is 84.3 Å². The molecule has 0 aliphatic heterocycles. The zero-order valence-electron chi connectivity index (χ0n) is 13.9. The number of carbonyl (C=O) groups excluding carboxylic acids is 1. The Labute approximate surface area is 141 Å². The van der Waals surface area contributed by atoms with Crippen LogP contribution in [0.2, 0.25) is 0 Å². The van der Waals surface area contributed by atoms with Gasteiger partial charge in [0.1, 0.15) is 6.04 Å². The van der Waals surface area contributed by atoms with E-state index in [1.165, 1.54) is 29.8 Å². The number of carbonyl (C=O) groups is 1. The van der Waals surface area contributed by atoms with Gasteiger partial charge >= 0.3 is 0 Å². The second-order valence-corrected chi connectivity index (χ2v) is 5.94. The number of nitrogens with zero attached hydrogens (tertiary/aromatic N) is 1. The van der Waals surface area contributed by atoms with Gasteiger partial charge in [-0.3, -0.25) is 14.9 Å². The first-order valence-electron chi connectivity index (χ1n) is 7.78. The Morgan fingerprint density at radius 2 is 1.50 bits per heavy atom. The van der Waals surface area contributed by atoms with E-state index in [0.29, 0.717) is 11.6 Å². The van der Waals surface area contributed by atoms with Crippen LogP contribution in [-0.4, -0.2) is 16.9 Å². The van der Waals surface area contributed by atoms with Gasteiger partial charge in [-0.2, -0.15) is 0 Å². The van der Waals surface area contributed by atoms with Crippen molar-refractivity contribution in [3.05, 3.63) is 64.2 Å². The van der Waals surface area contributed by atoms with Crippen molar-refractivity contribution in [1.82, 2.24) is 0 Å². The van der Waals surface area contributed by atoms with Crippen LogP contribution < -0.4 is 10.6 Å². The molecule has 24 heavy (non-hydrogen) atoms. The molecule has 2 N–H and O–H groups in total. The van der Waals surface area contributed by atoms with Gasteiger partial charge in [-0.25, -0.2) is 0 Å². The maximum Gasteiger partial charge on any atom is 0.269 e. The SMILES string of the molecule is CC(Nc1ccc(C(C)C)cc1)C(=O)Nc1ccc([N+](=O)[O-])cc1. The van der Waals surface area contributed by atoms with Crippen LogP contribution >= 0.6 is 0 Å². The molecule has 2 rings (SSSR count). The van der Waals surface area contributed by atoms with E-state index in [0.717, 1.165) is 5.69 Å². The Bertz CT molecular complexity index is 709. The highest BCUT2D eigenvalue weighted by atomic mass is 16.6. The fraction of sp³-hybridized carbons (Fsp3) is 0.278. The first-order valence-corrected chi connectivity index (χ1v) is 7.78. The van der Waals surface area contributed by atoms with E-state index < -0.39 is 11.0 Å². The Hall–Kier alpha value is -2.89. The van der Waals surface area contributed by atoms with Gasteiger partial charge in [0, 0.05) is 23.5 Å². The summed E-state index contributed by atoms with van der Waals surface area (Å²) in [6.45, 7) is 6.02. The molecule has 1 amide bonds. The van der Waals surface area contributed by atoms with E-state index in [4.69, 9.17) is 0 Å². The lowest BCUT2D eigenvalue weighted by Gasteiger charge is -2.16. The number of anilines is 2.